The van der Waals surface area contributed by atoms with Crippen molar-refractivity contribution in [3.8, 4) is 0 Å². The number of hydrogen-bond acceptors (Lipinski definition) is 1. The molecule has 82 valence electrons. The van der Waals surface area contributed by atoms with Gasteiger partial charge in [0.15, 0.2) is 0 Å². The molecule has 1 spiro atoms. The van der Waals surface area contributed by atoms with Crippen molar-refractivity contribution in [1.82, 2.24) is 0 Å². The highest BCUT2D eigenvalue weighted by atomic mass is 16.5. The summed E-state index contributed by atoms with van der Waals surface area (Å²) in [5, 5.41) is 0. The van der Waals surface area contributed by atoms with Gasteiger partial charge in [-0.2, -0.15) is 0 Å². The van der Waals surface area contributed by atoms with Crippen LogP contribution in [0.4, 0.5) is 0 Å². The smallest absolute Gasteiger partial charge is 0.0490 e. The molecule has 14 heavy (non-hydrogen) atoms. The highest BCUT2D eigenvalue weighted by Crippen LogP contribution is 2.52. The molecule has 1 atom stereocenters. The summed E-state index contributed by atoms with van der Waals surface area (Å²) in [6.45, 7) is 3.41. The third kappa shape index (κ3) is 2.13. The van der Waals surface area contributed by atoms with Crippen molar-refractivity contribution in [2.75, 3.05) is 13.7 Å². The first kappa shape index (κ1) is 10.5. The fourth-order valence-corrected chi connectivity index (χ4v) is 3.53. The summed E-state index contributed by atoms with van der Waals surface area (Å²) in [6, 6.07) is 0. The minimum Gasteiger partial charge on any atom is -0.384 e. The fraction of sp³-hybridized carbons (Fsp3) is 1.00. The molecule has 0 aliphatic heterocycles. The van der Waals surface area contributed by atoms with Gasteiger partial charge in [-0.15, -0.1) is 0 Å². The second kappa shape index (κ2) is 4.22. The first-order valence-electron chi connectivity index (χ1n) is 6.23. The Morgan fingerprint density at radius 2 is 1.79 bits per heavy atom. The van der Waals surface area contributed by atoms with E-state index in [-0.39, 0.29) is 0 Å². The van der Waals surface area contributed by atoms with Gasteiger partial charge in [-0.1, -0.05) is 19.8 Å². The van der Waals surface area contributed by atoms with Crippen molar-refractivity contribution in [3.63, 3.8) is 0 Å². The predicted octanol–water partition coefficient (Wildman–Crippen LogP) is 3.63. The Labute approximate surface area is 88.2 Å². The average molecular weight is 196 g/mol. The molecule has 0 heterocycles. The van der Waals surface area contributed by atoms with Gasteiger partial charge < -0.3 is 4.74 Å². The molecule has 0 saturated heterocycles. The summed E-state index contributed by atoms with van der Waals surface area (Å²) in [6.07, 6.45) is 10.3. The Morgan fingerprint density at radius 3 is 2.43 bits per heavy atom. The minimum absolute atomic E-state index is 0.746. The van der Waals surface area contributed by atoms with Gasteiger partial charge in [0.05, 0.1) is 0 Å². The summed E-state index contributed by atoms with van der Waals surface area (Å²) in [5.41, 5.74) is 0.746. The maximum Gasteiger partial charge on any atom is 0.0490 e. The molecule has 2 aliphatic carbocycles. The fourth-order valence-electron chi connectivity index (χ4n) is 3.53. The van der Waals surface area contributed by atoms with Crippen LogP contribution in [-0.2, 0) is 4.74 Å². The maximum atomic E-state index is 5.28. The lowest BCUT2D eigenvalue weighted by Crippen LogP contribution is -2.24. The molecule has 1 unspecified atom stereocenters. The molecule has 2 fully saturated rings. The molecule has 1 heteroatoms. The van der Waals surface area contributed by atoms with Crippen molar-refractivity contribution in [2.24, 2.45) is 17.3 Å². The highest BCUT2D eigenvalue weighted by Gasteiger charge is 2.40. The van der Waals surface area contributed by atoms with Gasteiger partial charge in [0, 0.05) is 13.7 Å². The second-order valence-electron chi connectivity index (χ2n) is 5.75. The van der Waals surface area contributed by atoms with E-state index in [0.717, 1.165) is 23.9 Å². The van der Waals surface area contributed by atoms with Crippen molar-refractivity contribution in [2.45, 2.75) is 51.9 Å². The molecule has 0 aromatic rings. The predicted molar refractivity (Wildman–Crippen MR) is 59.3 cm³/mol. The topological polar surface area (TPSA) is 9.23 Å². The lowest BCUT2D eigenvalue weighted by molar-refractivity contribution is 0.124. The maximum absolute atomic E-state index is 5.28. The molecule has 0 aromatic heterocycles. The summed E-state index contributed by atoms with van der Waals surface area (Å²) >= 11 is 0. The van der Waals surface area contributed by atoms with Crippen molar-refractivity contribution >= 4 is 0 Å². The Morgan fingerprint density at radius 1 is 1.14 bits per heavy atom. The molecule has 0 radical (unpaired) electrons. The Bertz CT molecular complexity index is 180. The van der Waals surface area contributed by atoms with Crippen LogP contribution in [-0.4, -0.2) is 13.7 Å². The molecule has 0 N–H and O–H groups in total. The first-order valence-corrected chi connectivity index (χ1v) is 6.23. The van der Waals surface area contributed by atoms with Gasteiger partial charge in [-0.25, -0.2) is 0 Å². The Balaban J connectivity index is 1.86. The van der Waals surface area contributed by atoms with Crippen LogP contribution in [0.2, 0.25) is 0 Å². The lowest BCUT2D eigenvalue weighted by Gasteiger charge is -2.36. The highest BCUT2D eigenvalue weighted by molar-refractivity contribution is 4.92. The number of hydrogen-bond donors (Lipinski definition) is 0. The molecule has 2 aliphatic rings. The molecule has 0 amide bonds. The first-order chi connectivity index (χ1) is 6.74. The van der Waals surface area contributed by atoms with E-state index >= 15 is 0 Å². The van der Waals surface area contributed by atoms with E-state index in [1.165, 1.54) is 44.9 Å². The van der Waals surface area contributed by atoms with Crippen LogP contribution in [0.15, 0.2) is 0 Å². The van der Waals surface area contributed by atoms with E-state index in [4.69, 9.17) is 4.74 Å². The largest absolute Gasteiger partial charge is 0.384 e. The van der Waals surface area contributed by atoms with Gasteiger partial charge in [0.1, 0.15) is 0 Å². The minimum atomic E-state index is 0.746. The normalized spacial score (nSPS) is 43.3. The van der Waals surface area contributed by atoms with Crippen LogP contribution in [0.3, 0.4) is 0 Å². The van der Waals surface area contributed by atoms with Gasteiger partial charge in [-0.3, -0.25) is 0 Å². The lowest BCUT2D eigenvalue weighted by atomic mass is 9.69. The van der Waals surface area contributed by atoms with Crippen molar-refractivity contribution in [1.29, 1.82) is 0 Å². The molecule has 0 aromatic carbocycles. The van der Waals surface area contributed by atoms with Crippen molar-refractivity contribution in [3.05, 3.63) is 0 Å². The standard InChI is InChI=1S/C13H24O/c1-11-3-6-13(7-4-11)8-5-12(9-13)10-14-2/h11-12H,3-10H2,1-2H3. The Hall–Kier alpha value is -0.0400. The van der Waals surface area contributed by atoms with Gasteiger partial charge in [0.2, 0.25) is 0 Å². The van der Waals surface area contributed by atoms with Crippen LogP contribution >= 0.6 is 0 Å². The SMILES string of the molecule is COCC1CCC2(CCC(C)CC2)C1. The van der Waals surface area contributed by atoms with E-state index in [1.807, 2.05) is 7.11 Å². The number of rotatable bonds is 2. The summed E-state index contributed by atoms with van der Waals surface area (Å²) < 4.78 is 5.28. The van der Waals surface area contributed by atoms with E-state index in [0.29, 0.717) is 0 Å². The van der Waals surface area contributed by atoms with Crippen LogP contribution in [0.5, 0.6) is 0 Å². The molecule has 2 rings (SSSR count). The zero-order chi connectivity index (χ0) is 10.0. The van der Waals surface area contributed by atoms with E-state index < -0.39 is 0 Å². The molecular formula is C13H24O. The summed E-state index contributed by atoms with van der Waals surface area (Å²) in [4.78, 5) is 0. The number of methoxy groups -OCH3 is 1. The zero-order valence-corrected chi connectivity index (χ0v) is 9.72. The third-order valence-corrected chi connectivity index (χ3v) is 4.54. The van der Waals surface area contributed by atoms with Crippen LogP contribution < -0.4 is 0 Å². The van der Waals surface area contributed by atoms with Gasteiger partial charge in [0.25, 0.3) is 0 Å². The van der Waals surface area contributed by atoms with Crippen LogP contribution in [0, 0.1) is 17.3 Å². The van der Waals surface area contributed by atoms with Gasteiger partial charge >= 0.3 is 0 Å². The van der Waals surface area contributed by atoms with Crippen molar-refractivity contribution < 1.29 is 4.74 Å². The monoisotopic (exact) mass is 196 g/mol. The molecule has 0 bridgehead atoms. The molecular weight excluding hydrogens is 172 g/mol. The van der Waals surface area contributed by atoms with Gasteiger partial charge in [-0.05, 0) is 49.4 Å². The summed E-state index contributed by atoms with van der Waals surface area (Å²) in [5.74, 6) is 1.86. The Kier molecular flexibility index (Phi) is 3.16. The number of ether oxygens (including phenoxy) is 1. The molecule has 2 saturated carbocycles. The average Bonchev–Trinajstić information content (AvgIpc) is 2.56. The van der Waals surface area contributed by atoms with Crippen LogP contribution in [0.1, 0.15) is 51.9 Å². The van der Waals surface area contributed by atoms with E-state index in [2.05, 4.69) is 6.92 Å². The molecule has 1 nitrogen and oxygen atoms in total. The second-order valence-corrected chi connectivity index (χ2v) is 5.75. The van der Waals surface area contributed by atoms with Crippen LogP contribution in [0.25, 0.3) is 0 Å². The van der Waals surface area contributed by atoms with E-state index in [1.54, 1.807) is 0 Å². The van der Waals surface area contributed by atoms with E-state index in [9.17, 15) is 0 Å². The zero-order valence-electron chi connectivity index (χ0n) is 9.72. The third-order valence-electron chi connectivity index (χ3n) is 4.54. The quantitative estimate of drug-likeness (QED) is 0.655. The summed E-state index contributed by atoms with van der Waals surface area (Å²) in [7, 11) is 1.84.